The fourth-order valence-corrected chi connectivity index (χ4v) is 3.21. The van der Waals surface area contributed by atoms with E-state index in [1.54, 1.807) is 23.2 Å². The summed E-state index contributed by atoms with van der Waals surface area (Å²) < 4.78 is 3.20. The topological polar surface area (TPSA) is 59.3 Å². The maximum atomic E-state index is 12.4. The van der Waals surface area contributed by atoms with Gasteiger partial charge in [0.15, 0.2) is 0 Å². The molecule has 1 N–H and O–H groups in total. The van der Waals surface area contributed by atoms with Gasteiger partial charge in [0, 0.05) is 26.3 Å². The number of imidazole rings is 1. The van der Waals surface area contributed by atoms with Crippen molar-refractivity contribution < 1.29 is 4.79 Å². The fraction of sp³-hybridized carbons (Fsp3) is 0.500. The molecule has 3 rings (SSSR count). The average molecular weight is 302 g/mol. The van der Waals surface area contributed by atoms with Crippen LogP contribution in [0.4, 0.5) is 5.69 Å². The number of hydrogen-bond donors (Lipinski definition) is 1. The van der Waals surface area contributed by atoms with Crippen LogP contribution in [0.25, 0.3) is 11.0 Å². The predicted molar refractivity (Wildman–Crippen MR) is 87.0 cm³/mol. The summed E-state index contributed by atoms with van der Waals surface area (Å²) >= 11 is 0. The third-order valence-corrected chi connectivity index (χ3v) is 4.53. The molecule has 6 heteroatoms. The van der Waals surface area contributed by atoms with E-state index in [0.29, 0.717) is 0 Å². The maximum Gasteiger partial charge on any atom is 0.328 e. The first-order valence-electron chi connectivity index (χ1n) is 7.62. The van der Waals surface area contributed by atoms with Crippen LogP contribution < -0.4 is 11.0 Å². The Hall–Kier alpha value is -2.08. The van der Waals surface area contributed by atoms with Crippen LogP contribution in [0.5, 0.6) is 0 Å². The van der Waals surface area contributed by atoms with Crippen molar-refractivity contribution in [1.82, 2.24) is 14.0 Å². The zero-order valence-corrected chi connectivity index (χ0v) is 13.3. The standard InChI is InChI=1S/C16H22N4O2/c1-18-8-4-5-11(10-18)15(21)17-12-6-7-13-14(9-12)20(3)16(22)19(13)2/h6-7,9,11H,4-5,8,10H2,1-3H3,(H,17,21)/t11-/m0/s1. The largest absolute Gasteiger partial charge is 0.328 e. The summed E-state index contributed by atoms with van der Waals surface area (Å²) in [6.07, 6.45) is 1.99. The van der Waals surface area contributed by atoms with Crippen LogP contribution in [-0.4, -0.2) is 40.1 Å². The van der Waals surface area contributed by atoms with Crippen molar-refractivity contribution in [2.24, 2.45) is 20.0 Å². The van der Waals surface area contributed by atoms with Crippen LogP contribution in [0.15, 0.2) is 23.0 Å². The third-order valence-electron chi connectivity index (χ3n) is 4.53. The molecule has 118 valence electrons. The molecule has 0 bridgehead atoms. The van der Waals surface area contributed by atoms with Crippen molar-refractivity contribution in [1.29, 1.82) is 0 Å². The van der Waals surface area contributed by atoms with Crippen molar-refractivity contribution in [3.05, 3.63) is 28.7 Å². The molecule has 0 aliphatic carbocycles. The van der Waals surface area contributed by atoms with Crippen molar-refractivity contribution in [3.8, 4) is 0 Å². The smallest absolute Gasteiger partial charge is 0.326 e. The molecule has 0 spiro atoms. The number of piperidine rings is 1. The minimum absolute atomic E-state index is 0.0361. The number of hydrogen-bond acceptors (Lipinski definition) is 3. The molecule has 1 aromatic carbocycles. The molecule has 2 aromatic rings. The number of nitrogens with one attached hydrogen (secondary N) is 1. The Morgan fingerprint density at radius 3 is 2.64 bits per heavy atom. The molecule has 1 atom stereocenters. The summed E-state index contributed by atoms with van der Waals surface area (Å²) in [5, 5.41) is 2.99. The molecule has 0 saturated carbocycles. The normalized spacial score (nSPS) is 19.5. The van der Waals surface area contributed by atoms with E-state index in [2.05, 4.69) is 10.2 Å². The molecule has 0 unspecified atom stereocenters. The Kier molecular flexibility index (Phi) is 3.78. The van der Waals surface area contributed by atoms with Gasteiger partial charge in [-0.25, -0.2) is 4.79 Å². The molecule has 1 aromatic heterocycles. The lowest BCUT2D eigenvalue weighted by atomic mass is 9.97. The monoisotopic (exact) mass is 302 g/mol. The van der Waals surface area contributed by atoms with Gasteiger partial charge < -0.3 is 10.2 Å². The highest BCUT2D eigenvalue weighted by molar-refractivity contribution is 5.94. The van der Waals surface area contributed by atoms with Crippen LogP contribution >= 0.6 is 0 Å². The van der Waals surface area contributed by atoms with Crippen LogP contribution in [0, 0.1) is 5.92 Å². The van der Waals surface area contributed by atoms with E-state index >= 15 is 0 Å². The molecule has 1 fully saturated rings. The number of fused-ring (bicyclic) bond motifs is 1. The highest BCUT2D eigenvalue weighted by Gasteiger charge is 2.24. The second-order valence-electron chi connectivity index (χ2n) is 6.19. The lowest BCUT2D eigenvalue weighted by Gasteiger charge is -2.28. The summed E-state index contributed by atoms with van der Waals surface area (Å²) in [4.78, 5) is 26.5. The average Bonchev–Trinajstić information content (AvgIpc) is 2.72. The summed E-state index contributed by atoms with van der Waals surface area (Å²) in [5.41, 5.74) is 2.37. The highest BCUT2D eigenvalue weighted by Crippen LogP contribution is 2.20. The molecule has 0 radical (unpaired) electrons. The minimum Gasteiger partial charge on any atom is -0.326 e. The molecular formula is C16H22N4O2. The van der Waals surface area contributed by atoms with Crippen LogP contribution in [0.3, 0.4) is 0 Å². The van der Waals surface area contributed by atoms with E-state index in [9.17, 15) is 9.59 Å². The number of anilines is 1. The molecule has 1 aliphatic heterocycles. The Labute approximate surface area is 129 Å². The SMILES string of the molecule is CN1CCC[C@H](C(=O)Nc2ccc3c(c2)n(C)c(=O)n3C)C1. The molecule has 6 nitrogen and oxygen atoms in total. The van der Waals surface area contributed by atoms with Gasteiger partial charge in [-0.15, -0.1) is 0 Å². The van der Waals surface area contributed by atoms with Gasteiger partial charge in [-0.1, -0.05) is 0 Å². The van der Waals surface area contributed by atoms with Crippen molar-refractivity contribution in [2.75, 3.05) is 25.5 Å². The maximum absolute atomic E-state index is 12.4. The quantitative estimate of drug-likeness (QED) is 0.905. The third kappa shape index (κ3) is 2.54. The van der Waals surface area contributed by atoms with Gasteiger partial charge in [0.1, 0.15) is 0 Å². The number of carbonyl (C=O) groups is 1. The summed E-state index contributed by atoms with van der Waals surface area (Å²) in [7, 11) is 5.54. The summed E-state index contributed by atoms with van der Waals surface area (Å²) in [5.74, 6) is 0.0980. The van der Waals surface area contributed by atoms with Crippen LogP contribution in [-0.2, 0) is 18.9 Å². The van der Waals surface area contributed by atoms with Gasteiger partial charge >= 0.3 is 5.69 Å². The molecule has 1 amide bonds. The van der Waals surface area contributed by atoms with Gasteiger partial charge in [-0.05, 0) is 44.6 Å². The first kappa shape index (κ1) is 14.8. The zero-order valence-electron chi connectivity index (χ0n) is 13.3. The zero-order chi connectivity index (χ0) is 15.9. The van der Waals surface area contributed by atoms with Gasteiger partial charge in [-0.2, -0.15) is 0 Å². The summed E-state index contributed by atoms with van der Waals surface area (Å²) in [6.45, 7) is 1.86. The van der Waals surface area contributed by atoms with Gasteiger partial charge in [0.05, 0.1) is 17.0 Å². The van der Waals surface area contributed by atoms with Crippen LogP contribution in [0.1, 0.15) is 12.8 Å². The number of carbonyl (C=O) groups excluding carboxylic acids is 1. The number of aryl methyl sites for hydroxylation is 2. The van der Waals surface area contributed by atoms with Crippen molar-refractivity contribution in [2.45, 2.75) is 12.8 Å². The van der Waals surface area contributed by atoms with E-state index in [1.165, 1.54) is 0 Å². The van der Waals surface area contributed by atoms with E-state index in [1.807, 2.05) is 25.2 Å². The minimum atomic E-state index is -0.0626. The number of rotatable bonds is 2. The Morgan fingerprint density at radius 2 is 1.91 bits per heavy atom. The second kappa shape index (κ2) is 5.61. The van der Waals surface area contributed by atoms with Crippen molar-refractivity contribution in [3.63, 3.8) is 0 Å². The highest BCUT2D eigenvalue weighted by atomic mass is 16.2. The van der Waals surface area contributed by atoms with E-state index in [0.717, 1.165) is 42.7 Å². The molecule has 1 aliphatic rings. The molecule has 22 heavy (non-hydrogen) atoms. The second-order valence-corrected chi connectivity index (χ2v) is 6.19. The first-order valence-corrected chi connectivity index (χ1v) is 7.62. The lowest BCUT2D eigenvalue weighted by molar-refractivity contribution is -0.121. The first-order chi connectivity index (χ1) is 10.5. The van der Waals surface area contributed by atoms with E-state index in [-0.39, 0.29) is 17.5 Å². The number of aromatic nitrogens is 2. The Bertz CT molecular complexity index is 774. The number of amides is 1. The lowest BCUT2D eigenvalue weighted by Crippen LogP contribution is -2.38. The van der Waals surface area contributed by atoms with Gasteiger partial charge in [0.25, 0.3) is 0 Å². The summed E-state index contributed by atoms with van der Waals surface area (Å²) in [6, 6.07) is 5.59. The molecular weight excluding hydrogens is 280 g/mol. The van der Waals surface area contributed by atoms with Gasteiger partial charge in [-0.3, -0.25) is 13.9 Å². The van der Waals surface area contributed by atoms with Crippen LogP contribution in [0.2, 0.25) is 0 Å². The van der Waals surface area contributed by atoms with Gasteiger partial charge in [0.2, 0.25) is 5.91 Å². The predicted octanol–water partition coefficient (Wildman–Crippen LogP) is 1.16. The Balaban J connectivity index is 1.83. The van der Waals surface area contributed by atoms with Crippen molar-refractivity contribution >= 4 is 22.6 Å². The molecule has 2 heterocycles. The van der Waals surface area contributed by atoms with E-state index < -0.39 is 0 Å². The molecule has 1 saturated heterocycles. The van der Waals surface area contributed by atoms with E-state index in [4.69, 9.17) is 0 Å². The number of benzene rings is 1. The Morgan fingerprint density at radius 1 is 1.18 bits per heavy atom. The number of nitrogens with zero attached hydrogens (tertiary/aromatic N) is 3. The number of likely N-dealkylation sites (tertiary alicyclic amines) is 1. The fourth-order valence-electron chi connectivity index (χ4n) is 3.21.